The fraction of sp³-hybridized carbons (Fsp3) is 0.500. The molecule has 2 atom stereocenters. The lowest BCUT2D eigenvalue weighted by molar-refractivity contribution is -0.123. The molecule has 19 heavy (non-hydrogen) atoms. The molecular weight excluding hydrogens is 250 g/mol. The summed E-state index contributed by atoms with van der Waals surface area (Å²) < 4.78 is 26.0. The lowest BCUT2D eigenvalue weighted by Gasteiger charge is -2.15. The van der Waals surface area contributed by atoms with Gasteiger partial charge in [0.2, 0.25) is 5.91 Å². The van der Waals surface area contributed by atoms with Gasteiger partial charge in [0.25, 0.3) is 5.92 Å². The van der Waals surface area contributed by atoms with Crippen molar-refractivity contribution in [3.05, 3.63) is 35.9 Å². The van der Waals surface area contributed by atoms with E-state index < -0.39 is 24.9 Å². The highest BCUT2D eigenvalue weighted by atomic mass is 19.3. The Morgan fingerprint density at radius 2 is 2.16 bits per heavy atom. The van der Waals surface area contributed by atoms with Crippen molar-refractivity contribution in [1.29, 1.82) is 0 Å². The Bertz CT molecular complexity index is 436. The first-order chi connectivity index (χ1) is 8.98. The van der Waals surface area contributed by atoms with E-state index in [1.165, 1.54) is 0 Å². The highest BCUT2D eigenvalue weighted by Crippen LogP contribution is 2.25. The summed E-state index contributed by atoms with van der Waals surface area (Å²) in [7, 11) is 0. The molecule has 0 aromatic heterocycles. The molecule has 104 valence electrons. The van der Waals surface area contributed by atoms with E-state index in [2.05, 4.69) is 10.6 Å². The second-order valence-electron chi connectivity index (χ2n) is 5.05. The van der Waals surface area contributed by atoms with Crippen LogP contribution in [0.3, 0.4) is 0 Å². The van der Waals surface area contributed by atoms with E-state index >= 15 is 0 Å². The quantitative estimate of drug-likeness (QED) is 0.875. The van der Waals surface area contributed by atoms with E-state index in [-0.39, 0.29) is 11.8 Å². The molecule has 1 fully saturated rings. The first-order valence-corrected chi connectivity index (χ1v) is 6.42. The predicted octanol–water partition coefficient (Wildman–Crippen LogP) is 1.90. The summed E-state index contributed by atoms with van der Waals surface area (Å²) in [6.07, 6.45) is -0.418. The van der Waals surface area contributed by atoms with Crippen molar-refractivity contribution in [1.82, 2.24) is 10.6 Å². The van der Waals surface area contributed by atoms with Gasteiger partial charge in [0, 0.05) is 13.0 Å². The average molecular weight is 268 g/mol. The van der Waals surface area contributed by atoms with E-state index in [1.807, 2.05) is 37.3 Å². The van der Waals surface area contributed by atoms with Crippen LogP contribution < -0.4 is 10.6 Å². The standard InChI is InChI=1S/C14H18F2N2O/c1-10(11-5-3-2-4-6-11)8-17-13(19)12-7-14(15,16)9-18-12/h2-6,10,12,18H,7-9H2,1H3,(H,17,19). The van der Waals surface area contributed by atoms with Crippen LogP contribution in [0.1, 0.15) is 24.8 Å². The van der Waals surface area contributed by atoms with Crippen LogP contribution in [0, 0.1) is 0 Å². The first-order valence-electron chi connectivity index (χ1n) is 6.42. The number of rotatable bonds is 4. The highest BCUT2D eigenvalue weighted by molar-refractivity contribution is 5.82. The van der Waals surface area contributed by atoms with Gasteiger partial charge < -0.3 is 5.32 Å². The molecule has 1 aromatic carbocycles. The van der Waals surface area contributed by atoms with Crippen molar-refractivity contribution in [2.45, 2.75) is 31.2 Å². The van der Waals surface area contributed by atoms with Crippen LogP contribution in [0.15, 0.2) is 30.3 Å². The second-order valence-corrected chi connectivity index (χ2v) is 5.05. The zero-order valence-corrected chi connectivity index (χ0v) is 10.8. The molecule has 2 N–H and O–H groups in total. The van der Waals surface area contributed by atoms with Crippen LogP contribution in [0.2, 0.25) is 0 Å². The SMILES string of the molecule is CC(CNC(=O)C1CC(F)(F)CN1)c1ccccc1. The Balaban J connectivity index is 1.81. The lowest BCUT2D eigenvalue weighted by atomic mass is 10.0. The minimum Gasteiger partial charge on any atom is -0.354 e. The summed E-state index contributed by atoms with van der Waals surface area (Å²) in [4.78, 5) is 11.8. The topological polar surface area (TPSA) is 41.1 Å². The molecule has 1 aromatic rings. The van der Waals surface area contributed by atoms with Crippen molar-refractivity contribution in [3.63, 3.8) is 0 Å². The van der Waals surface area contributed by atoms with E-state index in [1.54, 1.807) is 0 Å². The first kappa shape index (κ1) is 13.9. The summed E-state index contributed by atoms with van der Waals surface area (Å²) >= 11 is 0. The third kappa shape index (κ3) is 3.73. The fourth-order valence-electron chi connectivity index (χ4n) is 2.18. The van der Waals surface area contributed by atoms with Gasteiger partial charge in [-0.3, -0.25) is 10.1 Å². The van der Waals surface area contributed by atoms with Crippen molar-refractivity contribution < 1.29 is 13.6 Å². The number of nitrogens with one attached hydrogen (secondary N) is 2. The molecule has 5 heteroatoms. The Kier molecular flexibility index (Phi) is 4.14. The Labute approximate surface area is 111 Å². The van der Waals surface area contributed by atoms with Crippen molar-refractivity contribution in [2.75, 3.05) is 13.1 Å². The minimum atomic E-state index is -2.77. The number of alkyl halides is 2. The fourth-order valence-corrected chi connectivity index (χ4v) is 2.18. The van der Waals surface area contributed by atoms with Crippen LogP contribution in [0.25, 0.3) is 0 Å². The maximum atomic E-state index is 13.0. The molecule has 2 rings (SSSR count). The number of carbonyl (C=O) groups excluding carboxylic acids is 1. The molecule has 0 saturated carbocycles. The molecule has 0 spiro atoms. The van der Waals surface area contributed by atoms with Gasteiger partial charge in [-0.1, -0.05) is 37.3 Å². The Hall–Kier alpha value is -1.49. The monoisotopic (exact) mass is 268 g/mol. The molecule has 0 radical (unpaired) electrons. The van der Waals surface area contributed by atoms with Gasteiger partial charge in [-0.2, -0.15) is 0 Å². The van der Waals surface area contributed by atoms with Crippen molar-refractivity contribution >= 4 is 5.91 Å². The van der Waals surface area contributed by atoms with Crippen LogP contribution >= 0.6 is 0 Å². The summed E-state index contributed by atoms with van der Waals surface area (Å²) in [6.45, 7) is 2.03. The molecule has 1 amide bonds. The normalized spacial score (nSPS) is 23.0. The van der Waals surface area contributed by atoms with Crippen LogP contribution in [0.5, 0.6) is 0 Å². The number of carbonyl (C=O) groups is 1. The molecule has 1 aliphatic rings. The zero-order chi connectivity index (χ0) is 13.9. The van der Waals surface area contributed by atoms with E-state index in [4.69, 9.17) is 0 Å². The second kappa shape index (κ2) is 5.65. The Morgan fingerprint density at radius 3 is 2.74 bits per heavy atom. The maximum Gasteiger partial charge on any atom is 0.262 e. The third-order valence-corrected chi connectivity index (χ3v) is 3.38. The van der Waals surface area contributed by atoms with E-state index in [0.717, 1.165) is 5.56 Å². The van der Waals surface area contributed by atoms with Gasteiger partial charge in [0.05, 0.1) is 12.6 Å². The van der Waals surface area contributed by atoms with Crippen molar-refractivity contribution in [3.8, 4) is 0 Å². The molecule has 0 bridgehead atoms. The summed E-state index contributed by atoms with van der Waals surface area (Å²) in [5.41, 5.74) is 1.12. The van der Waals surface area contributed by atoms with Gasteiger partial charge in [-0.15, -0.1) is 0 Å². The number of benzene rings is 1. The highest BCUT2D eigenvalue weighted by Gasteiger charge is 2.42. The van der Waals surface area contributed by atoms with E-state index in [0.29, 0.717) is 6.54 Å². The van der Waals surface area contributed by atoms with Gasteiger partial charge in [0.1, 0.15) is 0 Å². The molecule has 1 aliphatic heterocycles. The van der Waals surface area contributed by atoms with E-state index in [9.17, 15) is 13.6 Å². The number of amides is 1. The maximum absolute atomic E-state index is 13.0. The lowest BCUT2D eigenvalue weighted by Crippen LogP contribution is -2.41. The minimum absolute atomic E-state index is 0.159. The molecule has 1 saturated heterocycles. The van der Waals surface area contributed by atoms with Gasteiger partial charge >= 0.3 is 0 Å². The molecule has 1 heterocycles. The van der Waals surface area contributed by atoms with Gasteiger partial charge in [-0.25, -0.2) is 8.78 Å². The number of hydrogen-bond acceptors (Lipinski definition) is 2. The average Bonchev–Trinajstić information content (AvgIpc) is 2.77. The number of hydrogen-bond donors (Lipinski definition) is 2. The van der Waals surface area contributed by atoms with Gasteiger partial charge in [0.15, 0.2) is 0 Å². The predicted molar refractivity (Wildman–Crippen MR) is 69.2 cm³/mol. The molecule has 0 aliphatic carbocycles. The van der Waals surface area contributed by atoms with Gasteiger partial charge in [-0.05, 0) is 11.5 Å². The van der Waals surface area contributed by atoms with Crippen LogP contribution in [-0.4, -0.2) is 31.0 Å². The number of halogens is 2. The third-order valence-electron chi connectivity index (χ3n) is 3.38. The Morgan fingerprint density at radius 1 is 1.47 bits per heavy atom. The van der Waals surface area contributed by atoms with Crippen LogP contribution in [0.4, 0.5) is 8.78 Å². The largest absolute Gasteiger partial charge is 0.354 e. The molecule has 2 unspecified atom stereocenters. The van der Waals surface area contributed by atoms with Crippen molar-refractivity contribution in [2.24, 2.45) is 0 Å². The summed E-state index contributed by atoms with van der Waals surface area (Å²) in [5.74, 6) is -2.96. The molecular formula is C14H18F2N2O. The smallest absolute Gasteiger partial charge is 0.262 e. The zero-order valence-electron chi connectivity index (χ0n) is 10.8. The summed E-state index contributed by atoms with van der Waals surface area (Å²) in [5, 5.41) is 5.27. The van der Waals surface area contributed by atoms with Crippen LogP contribution in [-0.2, 0) is 4.79 Å². The summed E-state index contributed by atoms with van der Waals surface area (Å²) in [6, 6.07) is 8.99. The molecule has 3 nitrogen and oxygen atoms in total.